The number of carbonyl (C=O) groups excluding carboxylic acids is 1. The number of sulfonamides is 1. The average Bonchev–Trinajstić information content (AvgIpc) is 3.54. The highest BCUT2D eigenvalue weighted by Crippen LogP contribution is 2.36. The highest BCUT2D eigenvalue weighted by atomic mass is 32.2. The molecule has 1 atom stereocenters. The molecule has 12 nitrogen and oxygen atoms in total. The lowest BCUT2D eigenvalue weighted by Gasteiger charge is -2.11. The molecule has 14 heteroatoms. The lowest BCUT2D eigenvalue weighted by atomic mass is 10.2. The zero-order chi connectivity index (χ0) is 25.1. The third kappa shape index (κ3) is 5.23. The van der Waals surface area contributed by atoms with Gasteiger partial charge in [-0.05, 0) is 55.5 Å². The number of carbonyl (C=O) groups is 1. The quantitative estimate of drug-likeness (QED) is 0.325. The molecular weight excluding hydrogens is 508 g/mol. The summed E-state index contributed by atoms with van der Waals surface area (Å²) in [6, 6.07) is 12.6. The summed E-state index contributed by atoms with van der Waals surface area (Å²) >= 11 is 1.09. The number of hydrogen-bond donors (Lipinski definition) is 2. The molecule has 1 aliphatic rings. The Hall–Kier alpha value is -4.17. The molecule has 0 fully saturated rings. The van der Waals surface area contributed by atoms with E-state index in [0.717, 1.165) is 11.8 Å². The van der Waals surface area contributed by atoms with Crippen molar-refractivity contribution in [2.75, 3.05) is 16.8 Å². The van der Waals surface area contributed by atoms with Crippen LogP contribution in [0.1, 0.15) is 6.92 Å². The fourth-order valence-corrected chi connectivity index (χ4v) is 4.74. The minimum atomic E-state index is -3.87. The zero-order valence-corrected chi connectivity index (χ0v) is 20.2. The average molecular weight is 527 g/mol. The maximum Gasteiger partial charge on any atom is 0.277 e. The van der Waals surface area contributed by atoms with Crippen LogP contribution in [0.15, 0.2) is 75.5 Å². The van der Waals surface area contributed by atoms with E-state index in [1.54, 1.807) is 31.2 Å². The van der Waals surface area contributed by atoms with Gasteiger partial charge in [0.15, 0.2) is 11.5 Å². The Kier molecular flexibility index (Phi) is 6.43. The number of hydrogen-bond acceptors (Lipinski definition) is 11. The predicted octanol–water partition coefficient (Wildman–Crippen LogP) is 3.18. The van der Waals surface area contributed by atoms with E-state index in [1.807, 2.05) is 0 Å². The van der Waals surface area contributed by atoms with E-state index in [2.05, 4.69) is 30.2 Å². The van der Waals surface area contributed by atoms with Crippen molar-refractivity contribution < 1.29 is 27.1 Å². The summed E-state index contributed by atoms with van der Waals surface area (Å²) in [6.45, 7) is 1.85. The van der Waals surface area contributed by atoms with Crippen molar-refractivity contribution in [3.05, 3.63) is 60.9 Å². The smallest absolute Gasteiger partial charge is 0.277 e. The van der Waals surface area contributed by atoms with Gasteiger partial charge in [-0.3, -0.25) is 4.79 Å². The molecule has 3 heterocycles. The Balaban J connectivity index is 1.19. The molecule has 36 heavy (non-hydrogen) atoms. The number of benzene rings is 2. The monoisotopic (exact) mass is 526 g/mol. The molecule has 1 amide bonds. The molecule has 0 saturated heterocycles. The van der Waals surface area contributed by atoms with Crippen molar-refractivity contribution in [2.24, 2.45) is 0 Å². The number of thioether (sulfide) groups is 1. The van der Waals surface area contributed by atoms with Crippen molar-refractivity contribution in [1.82, 2.24) is 20.2 Å². The van der Waals surface area contributed by atoms with Gasteiger partial charge >= 0.3 is 0 Å². The normalized spacial score (nSPS) is 13.2. The summed E-state index contributed by atoms with van der Waals surface area (Å²) in [7, 11) is -3.87. The minimum absolute atomic E-state index is 0.00252. The van der Waals surface area contributed by atoms with E-state index >= 15 is 0 Å². The van der Waals surface area contributed by atoms with E-state index in [-0.39, 0.29) is 34.7 Å². The van der Waals surface area contributed by atoms with Gasteiger partial charge in [-0.15, -0.1) is 10.2 Å². The van der Waals surface area contributed by atoms with Gasteiger partial charge in [0.25, 0.3) is 15.2 Å². The highest BCUT2D eigenvalue weighted by molar-refractivity contribution is 8.00. The number of ether oxygens (including phenoxy) is 2. The van der Waals surface area contributed by atoms with Crippen LogP contribution in [0.3, 0.4) is 0 Å². The number of anilines is 2. The van der Waals surface area contributed by atoms with Crippen LogP contribution in [0.4, 0.5) is 11.6 Å². The number of nitrogens with zero attached hydrogens (tertiary/aromatic N) is 4. The maximum absolute atomic E-state index is 12.6. The number of nitrogens with one attached hydrogen (secondary N) is 2. The molecular formula is C22H18N6O6S2. The Labute approximate surface area is 209 Å². The zero-order valence-electron chi connectivity index (χ0n) is 18.6. The van der Waals surface area contributed by atoms with Crippen LogP contribution in [-0.4, -0.2) is 46.5 Å². The first-order valence-electron chi connectivity index (χ1n) is 10.5. The molecule has 2 N–H and O–H groups in total. The van der Waals surface area contributed by atoms with Gasteiger partial charge in [-0.1, -0.05) is 11.8 Å². The maximum atomic E-state index is 12.6. The number of aromatic nitrogens is 4. The first-order valence-corrected chi connectivity index (χ1v) is 12.8. The molecule has 4 aromatic rings. The highest BCUT2D eigenvalue weighted by Gasteiger charge is 2.21. The van der Waals surface area contributed by atoms with Gasteiger partial charge in [0.1, 0.15) is 0 Å². The Bertz CT molecular complexity index is 1500. The standard InChI is InChI=1S/C22H18N6O6S2/c1-13(35-22-27-26-20(34-22)14-3-8-17-18(11-14)33-12-32-17)19(29)25-15-4-6-16(7-5-15)36(30,31)28-21-23-9-2-10-24-21/h2-11,13H,12H2,1H3,(H,25,29)(H,23,24,28)/t13-/m0/s1. The fraction of sp³-hybridized carbons (Fsp3) is 0.136. The van der Waals surface area contributed by atoms with Crippen LogP contribution >= 0.6 is 11.8 Å². The summed E-state index contributed by atoms with van der Waals surface area (Å²) in [5.74, 6) is 1.16. The number of fused-ring (bicyclic) bond motifs is 1. The van der Waals surface area contributed by atoms with Crippen LogP contribution in [-0.2, 0) is 14.8 Å². The number of amides is 1. The van der Waals surface area contributed by atoms with E-state index in [4.69, 9.17) is 13.9 Å². The lowest BCUT2D eigenvalue weighted by Crippen LogP contribution is -2.22. The fourth-order valence-electron chi connectivity index (χ4n) is 3.10. The van der Waals surface area contributed by atoms with Crippen LogP contribution in [0, 0.1) is 0 Å². The molecule has 0 aliphatic carbocycles. The van der Waals surface area contributed by atoms with Gasteiger partial charge in [0, 0.05) is 23.6 Å². The van der Waals surface area contributed by atoms with Gasteiger partial charge in [0.2, 0.25) is 24.5 Å². The second-order valence-electron chi connectivity index (χ2n) is 7.39. The van der Waals surface area contributed by atoms with Crippen molar-refractivity contribution in [2.45, 2.75) is 22.3 Å². The second kappa shape index (κ2) is 9.83. The van der Waals surface area contributed by atoms with E-state index < -0.39 is 15.3 Å². The molecule has 0 saturated carbocycles. The molecule has 5 rings (SSSR count). The lowest BCUT2D eigenvalue weighted by molar-refractivity contribution is -0.115. The van der Waals surface area contributed by atoms with Gasteiger partial charge in [0.05, 0.1) is 10.1 Å². The van der Waals surface area contributed by atoms with Crippen molar-refractivity contribution in [3.63, 3.8) is 0 Å². The molecule has 2 aromatic carbocycles. The number of rotatable bonds is 8. The second-order valence-corrected chi connectivity index (χ2v) is 10.4. The molecule has 0 bridgehead atoms. The van der Waals surface area contributed by atoms with Crippen LogP contribution in [0.25, 0.3) is 11.5 Å². The molecule has 0 spiro atoms. The van der Waals surface area contributed by atoms with Gasteiger partial charge < -0.3 is 19.2 Å². The largest absolute Gasteiger partial charge is 0.454 e. The third-order valence-electron chi connectivity index (χ3n) is 4.90. The van der Waals surface area contributed by atoms with E-state index in [0.29, 0.717) is 22.7 Å². The minimum Gasteiger partial charge on any atom is -0.454 e. The van der Waals surface area contributed by atoms with Crippen LogP contribution < -0.4 is 19.5 Å². The summed E-state index contributed by atoms with van der Waals surface area (Å²) in [5.41, 5.74) is 1.09. The summed E-state index contributed by atoms with van der Waals surface area (Å²) in [4.78, 5) is 20.3. The van der Waals surface area contributed by atoms with Crippen molar-refractivity contribution >= 4 is 39.3 Å². The SMILES string of the molecule is C[C@H](Sc1nnc(-c2ccc3c(c2)OCO3)o1)C(=O)Nc1ccc(S(=O)(=O)Nc2ncccn2)cc1. The first kappa shape index (κ1) is 23.6. The van der Waals surface area contributed by atoms with Crippen molar-refractivity contribution in [1.29, 1.82) is 0 Å². The van der Waals surface area contributed by atoms with Gasteiger partial charge in [-0.2, -0.15) is 0 Å². The Morgan fingerprint density at radius 2 is 1.78 bits per heavy atom. The Morgan fingerprint density at radius 3 is 2.56 bits per heavy atom. The van der Waals surface area contributed by atoms with E-state index in [9.17, 15) is 13.2 Å². The third-order valence-corrected chi connectivity index (χ3v) is 7.17. The predicted molar refractivity (Wildman–Crippen MR) is 129 cm³/mol. The molecule has 184 valence electrons. The summed E-state index contributed by atoms with van der Waals surface area (Å²) in [6.07, 6.45) is 2.85. The van der Waals surface area contributed by atoms with Crippen LogP contribution in [0.2, 0.25) is 0 Å². The molecule has 0 unspecified atom stereocenters. The summed E-state index contributed by atoms with van der Waals surface area (Å²) < 4.78 is 43.6. The molecule has 1 aliphatic heterocycles. The topological polar surface area (TPSA) is 158 Å². The molecule has 2 aromatic heterocycles. The molecule has 0 radical (unpaired) electrons. The summed E-state index contributed by atoms with van der Waals surface area (Å²) in [5, 5.41) is 10.4. The van der Waals surface area contributed by atoms with Gasteiger partial charge in [-0.25, -0.2) is 23.1 Å². The van der Waals surface area contributed by atoms with E-state index in [1.165, 1.54) is 36.7 Å². The van der Waals surface area contributed by atoms with Crippen LogP contribution in [0.5, 0.6) is 11.5 Å². The first-order chi connectivity index (χ1) is 17.4. The van der Waals surface area contributed by atoms with Crippen molar-refractivity contribution in [3.8, 4) is 23.0 Å². The Morgan fingerprint density at radius 1 is 1.03 bits per heavy atom.